The van der Waals surface area contributed by atoms with Crippen molar-refractivity contribution in [2.45, 2.75) is 50.3 Å². The third-order valence-electron chi connectivity index (χ3n) is 5.17. The van der Waals surface area contributed by atoms with Crippen LogP contribution < -0.4 is 10.1 Å². The quantitative estimate of drug-likeness (QED) is 0.467. The van der Waals surface area contributed by atoms with E-state index in [0.717, 1.165) is 42.5 Å². The Morgan fingerprint density at radius 2 is 1.81 bits per heavy atom. The van der Waals surface area contributed by atoms with Crippen LogP contribution in [0.1, 0.15) is 53.4 Å². The molecule has 0 saturated heterocycles. The molecule has 1 aromatic heterocycles. The Labute approximate surface area is 186 Å². The fourth-order valence-corrected chi connectivity index (χ4v) is 6.10. The summed E-state index contributed by atoms with van der Waals surface area (Å²) < 4.78 is 35.4. The molecule has 0 unspecified atom stereocenters. The van der Waals surface area contributed by atoms with Gasteiger partial charge in [0.2, 0.25) is 5.91 Å². The zero-order chi connectivity index (χ0) is 22.4. The first-order valence-electron chi connectivity index (χ1n) is 10.3. The van der Waals surface area contributed by atoms with Gasteiger partial charge in [0.1, 0.15) is 10.8 Å². The van der Waals surface area contributed by atoms with Crippen molar-refractivity contribution >= 4 is 38.1 Å². The summed E-state index contributed by atoms with van der Waals surface area (Å²) in [5.74, 6) is -0.659. The number of amides is 1. The monoisotopic (exact) mass is 465 g/mol. The van der Waals surface area contributed by atoms with Crippen molar-refractivity contribution in [3.05, 3.63) is 40.3 Å². The molecule has 0 aliphatic heterocycles. The number of ether oxygens (including phenoxy) is 2. The van der Waals surface area contributed by atoms with E-state index in [1.54, 1.807) is 19.1 Å². The van der Waals surface area contributed by atoms with E-state index in [9.17, 15) is 18.0 Å². The highest BCUT2D eigenvalue weighted by atomic mass is 32.2. The lowest BCUT2D eigenvalue weighted by Crippen LogP contribution is -2.19. The van der Waals surface area contributed by atoms with Crippen LogP contribution in [0.25, 0.3) is 0 Å². The molecule has 1 aliphatic carbocycles. The molecule has 0 spiro atoms. The second-order valence-electron chi connectivity index (χ2n) is 7.28. The van der Waals surface area contributed by atoms with E-state index in [1.165, 1.54) is 30.6 Å². The third kappa shape index (κ3) is 5.65. The number of nitrogens with one attached hydrogen (secondary N) is 1. The highest BCUT2D eigenvalue weighted by Gasteiger charge is 2.27. The molecule has 1 aliphatic rings. The Kier molecular flexibility index (Phi) is 7.72. The van der Waals surface area contributed by atoms with Crippen LogP contribution in [0.15, 0.2) is 29.2 Å². The van der Waals surface area contributed by atoms with Crippen LogP contribution in [0.2, 0.25) is 0 Å². The van der Waals surface area contributed by atoms with Gasteiger partial charge in [0.25, 0.3) is 0 Å². The summed E-state index contributed by atoms with van der Waals surface area (Å²) in [6, 6.07) is 6.05. The van der Waals surface area contributed by atoms with Crippen molar-refractivity contribution in [3.8, 4) is 5.75 Å². The van der Waals surface area contributed by atoms with Gasteiger partial charge in [0, 0.05) is 11.3 Å². The van der Waals surface area contributed by atoms with Crippen LogP contribution >= 0.6 is 11.3 Å². The maximum absolute atomic E-state index is 12.6. The molecule has 168 valence electrons. The van der Waals surface area contributed by atoms with Gasteiger partial charge in [-0.1, -0.05) is 6.42 Å². The van der Waals surface area contributed by atoms with Crippen LogP contribution in [-0.4, -0.2) is 39.8 Å². The first kappa shape index (κ1) is 23.3. The number of thiophene rings is 1. The number of anilines is 1. The third-order valence-corrected chi connectivity index (χ3v) is 8.11. The van der Waals surface area contributed by atoms with Crippen LogP contribution in [0, 0.1) is 0 Å². The van der Waals surface area contributed by atoms with Gasteiger partial charge < -0.3 is 14.8 Å². The van der Waals surface area contributed by atoms with Crippen LogP contribution in [0.5, 0.6) is 5.75 Å². The molecule has 0 bridgehead atoms. The number of aryl methyl sites for hydroxylation is 1. The molecular formula is C22H27NO6S2. The van der Waals surface area contributed by atoms with Crippen LogP contribution in [0.3, 0.4) is 0 Å². The number of rotatable bonds is 8. The van der Waals surface area contributed by atoms with E-state index in [2.05, 4.69) is 5.32 Å². The summed E-state index contributed by atoms with van der Waals surface area (Å²) in [6.07, 6.45) is 4.58. The minimum absolute atomic E-state index is 0.135. The summed E-state index contributed by atoms with van der Waals surface area (Å²) in [6.45, 7) is 1.99. The second-order valence-corrected chi connectivity index (χ2v) is 10.5. The van der Waals surface area contributed by atoms with Crippen LogP contribution in [0.4, 0.5) is 5.00 Å². The van der Waals surface area contributed by atoms with Gasteiger partial charge in [-0.25, -0.2) is 13.2 Å². The number of esters is 1. The molecule has 3 rings (SSSR count). The van der Waals surface area contributed by atoms with Gasteiger partial charge in [-0.15, -0.1) is 11.3 Å². The lowest BCUT2D eigenvalue weighted by atomic mass is 10.1. The van der Waals surface area contributed by atoms with Crippen molar-refractivity contribution in [3.63, 3.8) is 0 Å². The van der Waals surface area contributed by atoms with E-state index in [0.29, 0.717) is 16.3 Å². The largest absolute Gasteiger partial charge is 0.497 e. The van der Waals surface area contributed by atoms with E-state index in [1.807, 2.05) is 0 Å². The van der Waals surface area contributed by atoms with E-state index in [4.69, 9.17) is 9.47 Å². The number of carbonyl (C=O) groups excluding carboxylic acids is 2. The minimum Gasteiger partial charge on any atom is -0.497 e. The first-order chi connectivity index (χ1) is 14.9. The average Bonchev–Trinajstić information content (AvgIpc) is 2.92. The molecule has 0 radical (unpaired) electrons. The topological polar surface area (TPSA) is 98.8 Å². The van der Waals surface area contributed by atoms with Crippen LogP contribution in [-0.2, 0) is 32.2 Å². The second kappa shape index (κ2) is 10.3. The average molecular weight is 466 g/mol. The number of hydrogen-bond acceptors (Lipinski definition) is 7. The maximum Gasteiger partial charge on any atom is 0.341 e. The zero-order valence-corrected chi connectivity index (χ0v) is 19.4. The normalized spacial score (nSPS) is 13.7. The summed E-state index contributed by atoms with van der Waals surface area (Å²) >= 11 is 1.40. The standard InChI is InChI=1S/C22H27NO6S2/c1-3-29-22(25)20-17-7-5-4-6-8-18(17)30-21(20)23-19(24)13-14-31(26,27)16-11-9-15(28-2)10-12-16/h9-12H,3-8,13-14H2,1-2H3,(H,23,24). The molecule has 0 atom stereocenters. The van der Waals surface area contributed by atoms with Gasteiger partial charge in [0.15, 0.2) is 9.84 Å². The van der Waals surface area contributed by atoms with Crippen molar-refractivity contribution in [2.75, 3.05) is 24.8 Å². The van der Waals surface area contributed by atoms with E-state index in [-0.39, 0.29) is 23.7 Å². The molecule has 9 heteroatoms. The highest BCUT2D eigenvalue weighted by Crippen LogP contribution is 2.38. The number of fused-ring (bicyclic) bond motifs is 1. The Bertz CT molecular complexity index is 1040. The predicted molar refractivity (Wildman–Crippen MR) is 120 cm³/mol. The summed E-state index contributed by atoms with van der Waals surface area (Å²) in [4.78, 5) is 26.4. The van der Waals surface area contributed by atoms with Gasteiger partial charge >= 0.3 is 5.97 Å². The summed E-state index contributed by atoms with van der Waals surface area (Å²) in [5.41, 5.74) is 1.39. The van der Waals surface area contributed by atoms with Crippen molar-refractivity contribution in [1.82, 2.24) is 0 Å². The number of methoxy groups -OCH3 is 1. The number of sulfone groups is 1. The summed E-state index contributed by atoms with van der Waals surface area (Å²) in [7, 11) is -2.12. The fourth-order valence-electron chi connectivity index (χ4n) is 3.57. The van der Waals surface area contributed by atoms with Crippen molar-refractivity contribution in [2.24, 2.45) is 0 Å². The smallest absolute Gasteiger partial charge is 0.341 e. The Balaban J connectivity index is 1.73. The van der Waals surface area contributed by atoms with Crippen molar-refractivity contribution < 1.29 is 27.5 Å². The first-order valence-corrected chi connectivity index (χ1v) is 12.8. The maximum atomic E-state index is 12.6. The molecule has 1 aromatic carbocycles. The minimum atomic E-state index is -3.62. The lowest BCUT2D eigenvalue weighted by molar-refractivity contribution is -0.115. The number of carbonyl (C=O) groups is 2. The number of hydrogen-bond donors (Lipinski definition) is 1. The Hall–Kier alpha value is -2.39. The summed E-state index contributed by atoms with van der Waals surface area (Å²) in [5, 5.41) is 3.22. The SMILES string of the molecule is CCOC(=O)c1c(NC(=O)CCS(=O)(=O)c2ccc(OC)cc2)sc2c1CCCCC2. The lowest BCUT2D eigenvalue weighted by Gasteiger charge is -2.09. The van der Waals surface area contributed by atoms with Gasteiger partial charge in [-0.3, -0.25) is 4.79 Å². The molecule has 1 amide bonds. The molecule has 31 heavy (non-hydrogen) atoms. The molecule has 0 fully saturated rings. The van der Waals surface area contributed by atoms with Gasteiger partial charge in [0.05, 0.1) is 29.9 Å². The molecule has 2 aromatic rings. The fraction of sp³-hybridized carbons (Fsp3) is 0.455. The molecular weight excluding hydrogens is 438 g/mol. The number of benzene rings is 1. The van der Waals surface area contributed by atoms with E-state index < -0.39 is 21.7 Å². The highest BCUT2D eigenvalue weighted by molar-refractivity contribution is 7.91. The predicted octanol–water partition coefficient (Wildman–Crippen LogP) is 4.00. The molecule has 1 heterocycles. The Morgan fingerprint density at radius 3 is 2.48 bits per heavy atom. The van der Waals surface area contributed by atoms with E-state index >= 15 is 0 Å². The molecule has 1 N–H and O–H groups in total. The Morgan fingerprint density at radius 1 is 1.10 bits per heavy atom. The van der Waals surface area contributed by atoms with Gasteiger partial charge in [-0.2, -0.15) is 0 Å². The zero-order valence-electron chi connectivity index (χ0n) is 17.7. The molecule has 0 saturated carbocycles. The van der Waals surface area contributed by atoms with Crippen molar-refractivity contribution in [1.29, 1.82) is 0 Å². The molecule has 7 nitrogen and oxygen atoms in total. The van der Waals surface area contributed by atoms with Gasteiger partial charge in [-0.05, 0) is 62.4 Å².